The minimum absolute atomic E-state index is 0.953. The number of nitrogens with zero attached hydrogens (tertiary/aromatic N) is 1. The average molecular weight is 726 g/mol. The molecule has 0 spiro atoms. The van der Waals surface area contributed by atoms with Crippen LogP contribution in [0.15, 0.2) is 168 Å². The normalized spacial score (nSPS) is 14.6. The van der Waals surface area contributed by atoms with Crippen LogP contribution in [0.3, 0.4) is 0 Å². The number of furan rings is 1. The van der Waals surface area contributed by atoms with E-state index in [2.05, 4.69) is 195 Å². The van der Waals surface area contributed by atoms with E-state index in [1.165, 1.54) is 87.0 Å². The van der Waals surface area contributed by atoms with E-state index in [0.717, 1.165) is 16.9 Å². The third kappa shape index (κ3) is 4.44. The molecular formula is C50H39NOSi2. The quantitative estimate of drug-likeness (QED) is 0.168. The van der Waals surface area contributed by atoms with Crippen LogP contribution in [0.5, 0.6) is 0 Å². The molecule has 0 saturated heterocycles. The molecule has 0 bridgehead atoms. The van der Waals surface area contributed by atoms with Crippen molar-refractivity contribution in [3.63, 3.8) is 0 Å². The maximum Gasteiger partial charge on any atom is 0.136 e. The molecule has 0 N–H and O–H groups in total. The number of anilines is 3. The Morgan fingerprint density at radius 2 is 1.02 bits per heavy atom. The fourth-order valence-electron chi connectivity index (χ4n) is 9.62. The minimum atomic E-state index is -2.06. The van der Waals surface area contributed by atoms with Crippen LogP contribution >= 0.6 is 0 Å². The van der Waals surface area contributed by atoms with Gasteiger partial charge in [-0.3, -0.25) is 0 Å². The van der Waals surface area contributed by atoms with E-state index in [0.29, 0.717) is 0 Å². The van der Waals surface area contributed by atoms with E-state index in [9.17, 15) is 0 Å². The van der Waals surface area contributed by atoms with Gasteiger partial charge in [0.05, 0.1) is 0 Å². The molecule has 2 aliphatic heterocycles. The first-order valence-corrected chi connectivity index (χ1v) is 25.0. The molecular weight excluding hydrogens is 687 g/mol. The van der Waals surface area contributed by atoms with E-state index in [4.69, 9.17) is 4.42 Å². The largest absolute Gasteiger partial charge is 0.456 e. The molecule has 0 saturated carbocycles. The smallest absolute Gasteiger partial charge is 0.136 e. The van der Waals surface area contributed by atoms with Crippen molar-refractivity contribution in [1.82, 2.24) is 0 Å². The van der Waals surface area contributed by atoms with Crippen molar-refractivity contribution in [3.8, 4) is 33.4 Å². The van der Waals surface area contributed by atoms with Gasteiger partial charge in [0, 0.05) is 27.8 Å². The lowest BCUT2D eigenvalue weighted by Gasteiger charge is -2.29. The zero-order valence-corrected chi connectivity index (χ0v) is 32.9. The molecule has 3 heterocycles. The van der Waals surface area contributed by atoms with Crippen molar-refractivity contribution in [2.75, 3.05) is 4.90 Å². The summed E-state index contributed by atoms with van der Waals surface area (Å²) >= 11 is 0. The lowest BCUT2D eigenvalue weighted by molar-refractivity contribution is 0.669. The third-order valence-electron chi connectivity index (χ3n) is 12.5. The zero-order chi connectivity index (χ0) is 36.3. The molecule has 0 amide bonds. The molecule has 0 atom stereocenters. The summed E-state index contributed by atoms with van der Waals surface area (Å²) in [6.45, 7) is 10.0. The van der Waals surface area contributed by atoms with Gasteiger partial charge in [-0.15, -0.1) is 0 Å². The van der Waals surface area contributed by atoms with Gasteiger partial charge in [0.2, 0.25) is 0 Å². The van der Waals surface area contributed by atoms with Gasteiger partial charge in [0.15, 0.2) is 0 Å². The predicted octanol–water partition coefficient (Wildman–Crippen LogP) is 11.5. The van der Waals surface area contributed by atoms with Gasteiger partial charge >= 0.3 is 0 Å². The van der Waals surface area contributed by atoms with E-state index >= 15 is 0 Å². The van der Waals surface area contributed by atoms with Gasteiger partial charge in [-0.2, -0.15) is 0 Å². The second-order valence-electron chi connectivity index (χ2n) is 16.2. The van der Waals surface area contributed by atoms with Crippen LogP contribution in [0.2, 0.25) is 26.2 Å². The summed E-state index contributed by atoms with van der Waals surface area (Å²) in [7, 11) is -3.95. The van der Waals surface area contributed by atoms with Crippen LogP contribution in [-0.4, -0.2) is 16.1 Å². The summed E-state index contributed by atoms with van der Waals surface area (Å²) in [6, 6.07) is 61.1. The maximum absolute atomic E-state index is 6.39. The first kappa shape index (κ1) is 31.6. The topological polar surface area (TPSA) is 16.4 Å². The Morgan fingerprint density at radius 1 is 0.407 bits per heavy atom. The highest BCUT2D eigenvalue weighted by Gasteiger charge is 2.41. The number of rotatable bonds is 4. The monoisotopic (exact) mass is 725 g/mol. The van der Waals surface area contributed by atoms with E-state index < -0.39 is 16.1 Å². The Morgan fingerprint density at radius 3 is 1.83 bits per heavy atom. The van der Waals surface area contributed by atoms with Gasteiger partial charge in [0.1, 0.15) is 27.3 Å². The highest BCUT2D eigenvalue weighted by Crippen LogP contribution is 2.43. The molecule has 0 fully saturated rings. The molecule has 1 aromatic heterocycles. The first-order chi connectivity index (χ1) is 26.3. The fraction of sp³-hybridized carbons (Fsp3) is 0.0800. The number of hydrogen-bond acceptors (Lipinski definition) is 2. The van der Waals surface area contributed by atoms with Crippen molar-refractivity contribution in [2.45, 2.75) is 26.2 Å². The van der Waals surface area contributed by atoms with Gasteiger partial charge in [-0.1, -0.05) is 135 Å². The van der Waals surface area contributed by atoms with Crippen LogP contribution in [0, 0.1) is 0 Å². The lowest BCUT2D eigenvalue weighted by Crippen LogP contribution is -2.49. The molecule has 9 aromatic rings. The second-order valence-corrected chi connectivity index (χ2v) is 24.8. The number of benzene rings is 8. The maximum atomic E-state index is 6.39. The summed E-state index contributed by atoms with van der Waals surface area (Å²) in [4.78, 5) is 2.49. The molecule has 0 radical (unpaired) electrons. The molecule has 0 unspecified atom stereocenters. The van der Waals surface area contributed by atoms with Crippen molar-refractivity contribution < 1.29 is 4.42 Å². The highest BCUT2D eigenvalue weighted by molar-refractivity contribution is 7.04. The van der Waals surface area contributed by atoms with Gasteiger partial charge in [-0.05, 0) is 119 Å². The summed E-state index contributed by atoms with van der Waals surface area (Å²) in [5.74, 6) is 0. The van der Waals surface area contributed by atoms with Crippen molar-refractivity contribution in [1.29, 1.82) is 0 Å². The predicted molar refractivity (Wildman–Crippen MR) is 236 cm³/mol. The van der Waals surface area contributed by atoms with Gasteiger partial charge < -0.3 is 9.32 Å². The van der Waals surface area contributed by atoms with Crippen LogP contribution in [0.4, 0.5) is 17.1 Å². The Labute approximate surface area is 318 Å². The van der Waals surface area contributed by atoms with Crippen LogP contribution < -0.4 is 25.6 Å². The minimum Gasteiger partial charge on any atom is -0.456 e. The molecule has 2 nitrogen and oxygen atoms in total. The molecule has 8 aromatic carbocycles. The summed E-state index contributed by atoms with van der Waals surface area (Å²) in [5.41, 5.74) is 13.5. The molecule has 54 heavy (non-hydrogen) atoms. The second kappa shape index (κ2) is 11.3. The lowest BCUT2D eigenvalue weighted by atomic mass is 9.98. The third-order valence-corrected chi connectivity index (χ3v) is 19.5. The van der Waals surface area contributed by atoms with E-state index in [1.807, 2.05) is 0 Å². The van der Waals surface area contributed by atoms with Gasteiger partial charge in [-0.25, -0.2) is 0 Å². The number of hydrogen-bond donors (Lipinski definition) is 0. The molecule has 4 heteroatoms. The molecule has 11 rings (SSSR count). The van der Waals surface area contributed by atoms with Crippen LogP contribution in [-0.2, 0) is 0 Å². The van der Waals surface area contributed by atoms with Crippen LogP contribution in [0.25, 0.3) is 66.1 Å². The summed E-state index contributed by atoms with van der Waals surface area (Å²) < 4.78 is 6.39. The number of fused-ring (bicyclic) bond motifs is 11. The van der Waals surface area contributed by atoms with Crippen molar-refractivity contribution in [3.05, 3.63) is 164 Å². The number of para-hydroxylation sites is 1. The fourth-order valence-corrected chi connectivity index (χ4v) is 15.8. The SMILES string of the molecule is C[Si]1(C)c2ccccc2-c2ccc(N(c3ccc(-c4ccc5ccccc5c4)cc3)c3ccc4c(c3)[Si](C)(C)c3ccc5oc6ccccc6c5c3-4)cc21. The van der Waals surface area contributed by atoms with Crippen molar-refractivity contribution in [2.24, 2.45) is 0 Å². The highest BCUT2D eigenvalue weighted by atomic mass is 28.3. The Bertz CT molecular complexity index is 3010. The Balaban J connectivity index is 1.08. The Kier molecular flexibility index (Phi) is 6.60. The van der Waals surface area contributed by atoms with E-state index in [-0.39, 0.29) is 0 Å². The van der Waals surface area contributed by atoms with Crippen LogP contribution in [0.1, 0.15) is 0 Å². The average Bonchev–Trinajstić information content (AvgIpc) is 3.77. The molecule has 0 aliphatic carbocycles. The van der Waals surface area contributed by atoms with E-state index in [1.54, 1.807) is 0 Å². The molecule has 258 valence electrons. The summed E-state index contributed by atoms with van der Waals surface area (Å²) in [6.07, 6.45) is 0. The van der Waals surface area contributed by atoms with Gasteiger partial charge in [0.25, 0.3) is 0 Å². The molecule has 2 aliphatic rings. The Hall–Kier alpha value is -5.95. The summed E-state index contributed by atoms with van der Waals surface area (Å²) in [5, 5.41) is 11.0. The zero-order valence-electron chi connectivity index (χ0n) is 30.9. The first-order valence-electron chi connectivity index (χ1n) is 19.0. The standard InChI is InChI=1S/C50H39NOSi2/c1-53(2)45-16-10-8-13-39(45)40-25-23-37(30-47(40)53)51(36-21-19-33(20-22-36)35-18-17-32-11-5-6-12-34(32)29-35)38-24-26-42-48(31-38)54(3,4)46-28-27-44-49(50(42)46)41-14-7-9-15-43(41)52-44/h5-31H,1-4H3. The van der Waals surface area contributed by atoms with Crippen molar-refractivity contribution >= 4 is 86.7 Å².